The lowest BCUT2D eigenvalue weighted by Crippen LogP contribution is -2.55. The third kappa shape index (κ3) is 2.29. The van der Waals surface area contributed by atoms with Crippen molar-refractivity contribution in [3.05, 3.63) is 11.3 Å². The normalized spacial score (nSPS) is 41.7. The Kier molecular flexibility index (Phi) is 4.28. The van der Waals surface area contributed by atoms with Crippen LogP contribution in [-0.2, 0) is 9.59 Å². The van der Waals surface area contributed by atoms with Crippen molar-refractivity contribution in [1.29, 1.82) is 0 Å². The molecule has 0 aromatic carbocycles. The Labute approximate surface area is 160 Å². The van der Waals surface area contributed by atoms with Crippen LogP contribution in [0.3, 0.4) is 0 Å². The number of aliphatic hydroxyl groups is 4. The predicted molar refractivity (Wildman–Crippen MR) is 98.8 cm³/mol. The number of fused-ring (bicyclic) bond motifs is 3. The highest BCUT2D eigenvalue weighted by Crippen LogP contribution is 2.69. The fraction of sp³-hybridized carbons (Fsp3) is 0.810. The smallest absolute Gasteiger partial charge is 0.176 e. The van der Waals surface area contributed by atoms with Gasteiger partial charge < -0.3 is 20.4 Å². The summed E-state index contributed by atoms with van der Waals surface area (Å²) in [5, 5.41) is 44.5. The van der Waals surface area contributed by atoms with Gasteiger partial charge in [-0.1, -0.05) is 27.7 Å². The number of hydrogen-bond acceptors (Lipinski definition) is 6. The Morgan fingerprint density at radius 1 is 1.30 bits per heavy atom. The van der Waals surface area contributed by atoms with Gasteiger partial charge in [0.2, 0.25) is 0 Å². The second-order valence-corrected chi connectivity index (χ2v) is 10.0. The van der Waals surface area contributed by atoms with Crippen LogP contribution >= 0.6 is 0 Å². The maximum absolute atomic E-state index is 13.0. The first kappa shape index (κ1) is 20.5. The van der Waals surface area contributed by atoms with Gasteiger partial charge in [0.1, 0.15) is 16.9 Å². The van der Waals surface area contributed by atoms with Gasteiger partial charge in [0.05, 0.1) is 11.5 Å². The molecule has 6 atom stereocenters. The lowest BCUT2D eigenvalue weighted by Gasteiger charge is -2.39. The van der Waals surface area contributed by atoms with E-state index in [1.54, 1.807) is 20.8 Å². The van der Waals surface area contributed by atoms with Crippen molar-refractivity contribution in [2.24, 2.45) is 29.1 Å². The summed E-state index contributed by atoms with van der Waals surface area (Å²) < 4.78 is 0. The SMILES string of the molecule is CCC(C)C(=O)C1=C(O)[C@@]2(O)[C@H](C[C@H]3C(C)(C)[C@@H](C(C)(C)O)C[C@]32O)C1=O. The molecule has 1 unspecified atom stereocenters. The van der Waals surface area contributed by atoms with Gasteiger partial charge in [0, 0.05) is 5.92 Å². The van der Waals surface area contributed by atoms with Gasteiger partial charge in [-0.3, -0.25) is 9.59 Å². The van der Waals surface area contributed by atoms with Crippen molar-refractivity contribution in [2.75, 3.05) is 0 Å². The summed E-state index contributed by atoms with van der Waals surface area (Å²) in [6.07, 6.45) is 0.725. The van der Waals surface area contributed by atoms with Gasteiger partial charge in [0.15, 0.2) is 17.2 Å². The van der Waals surface area contributed by atoms with E-state index in [1.165, 1.54) is 0 Å². The van der Waals surface area contributed by atoms with Crippen LogP contribution < -0.4 is 0 Å². The van der Waals surface area contributed by atoms with Gasteiger partial charge in [-0.25, -0.2) is 0 Å². The molecule has 0 heterocycles. The van der Waals surface area contributed by atoms with E-state index in [1.807, 2.05) is 20.8 Å². The molecular weight excluding hydrogens is 348 g/mol. The summed E-state index contributed by atoms with van der Waals surface area (Å²) in [7, 11) is 0. The lowest BCUT2D eigenvalue weighted by atomic mass is 9.68. The number of hydrogen-bond donors (Lipinski definition) is 4. The van der Waals surface area contributed by atoms with E-state index in [9.17, 15) is 30.0 Å². The van der Waals surface area contributed by atoms with Gasteiger partial charge in [-0.05, 0) is 50.4 Å². The van der Waals surface area contributed by atoms with Crippen LogP contribution in [0.4, 0.5) is 0 Å². The zero-order valence-corrected chi connectivity index (χ0v) is 17.0. The van der Waals surface area contributed by atoms with E-state index in [-0.39, 0.29) is 24.3 Å². The zero-order chi connectivity index (χ0) is 20.7. The minimum Gasteiger partial charge on any atom is -0.508 e. The molecule has 0 aromatic heterocycles. The molecule has 152 valence electrons. The van der Waals surface area contributed by atoms with Crippen molar-refractivity contribution >= 4 is 11.6 Å². The standard InChI is InChI=1S/C21H32O6/c1-7-10(2)15(22)14-16(23)11-8-12-18(3,4)13(19(5,6)25)9-20(12,26)21(11,27)17(14)24/h10-13,24-27H,7-9H2,1-6H3/t10?,11-,12+,13+,20+,21+/m1/s1. The summed E-state index contributed by atoms with van der Waals surface area (Å²) in [5.74, 6) is -4.05. The average molecular weight is 380 g/mol. The van der Waals surface area contributed by atoms with Crippen molar-refractivity contribution in [2.45, 2.75) is 77.6 Å². The minimum absolute atomic E-state index is 0.0449. The molecule has 2 fully saturated rings. The molecule has 6 nitrogen and oxygen atoms in total. The minimum atomic E-state index is -2.18. The third-order valence-corrected chi connectivity index (χ3v) is 7.84. The molecular formula is C21H32O6. The van der Waals surface area contributed by atoms with Crippen LogP contribution in [0.1, 0.15) is 60.8 Å². The molecule has 0 bridgehead atoms. The zero-order valence-electron chi connectivity index (χ0n) is 17.0. The van der Waals surface area contributed by atoms with Crippen molar-refractivity contribution in [3.8, 4) is 0 Å². The first-order chi connectivity index (χ1) is 12.2. The number of carbonyl (C=O) groups is 2. The summed E-state index contributed by atoms with van der Waals surface area (Å²) in [4.78, 5) is 25.6. The summed E-state index contributed by atoms with van der Waals surface area (Å²) in [5.41, 5.74) is -5.97. The monoisotopic (exact) mass is 380 g/mol. The number of aliphatic hydroxyl groups excluding tert-OH is 1. The highest BCUT2D eigenvalue weighted by molar-refractivity contribution is 6.24. The maximum Gasteiger partial charge on any atom is 0.176 e. The molecule has 0 aliphatic heterocycles. The van der Waals surface area contributed by atoms with Crippen molar-refractivity contribution in [1.82, 2.24) is 0 Å². The average Bonchev–Trinajstić information content (AvgIpc) is 3.00. The van der Waals surface area contributed by atoms with Crippen LogP contribution in [0.5, 0.6) is 0 Å². The molecule has 4 N–H and O–H groups in total. The van der Waals surface area contributed by atoms with Crippen LogP contribution in [-0.4, -0.2) is 48.8 Å². The van der Waals surface area contributed by atoms with E-state index in [0.717, 1.165) is 0 Å². The Morgan fingerprint density at radius 2 is 1.85 bits per heavy atom. The summed E-state index contributed by atoms with van der Waals surface area (Å²) >= 11 is 0. The molecule has 3 aliphatic carbocycles. The molecule has 6 heteroatoms. The lowest BCUT2D eigenvalue weighted by molar-refractivity contribution is -0.157. The second-order valence-electron chi connectivity index (χ2n) is 10.0. The molecule has 3 rings (SSSR count). The highest BCUT2D eigenvalue weighted by Gasteiger charge is 2.78. The number of Topliss-reactive ketones (excluding diaryl/α,β-unsaturated/α-hetero) is 2. The first-order valence-corrected chi connectivity index (χ1v) is 9.84. The van der Waals surface area contributed by atoms with Gasteiger partial charge in [-0.15, -0.1) is 0 Å². The largest absolute Gasteiger partial charge is 0.508 e. The molecule has 3 aliphatic rings. The van der Waals surface area contributed by atoms with Crippen LogP contribution in [0.15, 0.2) is 11.3 Å². The van der Waals surface area contributed by atoms with Crippen LogP contribution in [0, 0.1) is 29.1 Å². The quantitative estimate of drug-likeness (QED) is 0.554. The van der Waals surface area contributed by atoms with Gasteiger partial charge >= 0.3 is 0 Å². The number of carbonyl (C=O) groups excluding carboxylic acids is 2. The van der Waals surface area contributed by atoms with E-state index in [4.69, 9.17) is 0 Å². The molecule has 0 amide bonds. The maximum atomic E-state index is 13.0. The van der Waals surface area contributed by atoms with Crippen LogP contribution in [0.2, 0.25) is 0 Å². The fourth-order valence-corrected chi connectivity index (χ4v) is 6.18. The van der Waals surface area contributed by atoms with E-state index < -0.39 is 57.3 Å². The molecule has 27 heavy (non-hydrogen) atoms. The predicted octanol–water partition coefficient (Wildman–Crippen LogP) is 1.91. The highest BCUT2D eigenvalue weighted by atomic mass is 16.4. The van der Waals surface area contributed by atoms with Crippen LogP contribution in [0.25, 0.3) is 0 Å². The number of rotatable bonds is 4. The van der Waals surface area contributed by atoms with E-state index >= 15 is 0 Å². The molecule has 0 saturated heterocycles. The molecule has 0 radical (unpaired) electrons. The molecule has 2 saturated carbocycles. The topological polar surface area (TPSA) is 115 Å². The number of allylic oxidation sites excluding steroid dienone is 1. The Bertz CT molecular complexity index is 729. The molecule has 0 aromatic rings. The van der Waals surface area contributed by atoms with E-state index in [2.05, 4.69) is 0 Å². The van der Waals surface area contributed by atoms with Crippen molar-refractivity contribution in [3.63, 3.8) is 0 Å². The fourth-order valence-electron chi connectivity index (χ4n) is 6.18. The second kappa shape index (κ2) is 5.65. The summed E-state index contributed by atoms with van der Waals surface area (Å²) in [6, 6.07) is 0. The van der Waals surface area contributed by atoms with Crippen molar-refractivity contribution < 1.29 is 30.0 Å². The first-order valence-electron chi connectivity index (χ1n) is 9.84. The number of ketones is 2. The van der Waals surface area contributed by atoms with Gasteiger partial charge in [-0.2, -0.15) is 0 Å². The summed E-state index contributed by atoms with van der Waals surface area (Å²) in [6.45, 7) is 10.6. The molecule has 0 spiro atoms. The Hall–Kier alpha value is -1.24. The third-order valence-electron chi connectivity index (χ3n) is 7.84. The van der Waals surface area contributed by atoms with E-state index in [0.29, 0.717) is 6.42 Å². The Balaban J connectivity index is 2.13. The Morgan fingerprint density at radius 3 is 2.33 bits per heavy atom. The van der Waals surface area contributed by atoms with Gasteiger partial charge in [0.25, 0.3) is 0 Å².